The van der Waals surface area contributed by atoms with Crippen LogP contribution < -0.4 is 11.1 Å². The molecule has 0 saturated carbocycles. The van der Waals surface area contributed by atoms with Gasteiger partial charge in [0.1, 0.15) is 0 Å². The van der Waals surface area contributed by atoms with Crippen molar-refractivity contribution in [3.8, 4) is 0 Å². The van der Waals surface area contributed by atoms with E-state index in [-0.39, 0.29) is 6.42 Å². The number of amides is 1. The van der Waals surface area contributed by atoms with E-state index in [1.165, 1.54) is 6.07 Å². The predicted octanol–water partition coefficient (Wildman–Crippen LogP) is 2.49. The third-order valence-electron chi connectivity index (χ3n) is 2.69. The van der Waals surface area contributed by atoms with Crippen LogP contribution in [0.15, 0.2) is 18.2 Å². The van der Waals surface area contributed by atoms with Crippen molar-refractivity contribution in [1.82, 2.24) is 0 Å². The highest BCUT2D eigenvalue weighted by atomic mass is 35.5. The fourth-order valence-corrected chi connectivity index (χ4v) is 1.84. The molecule has 5 nitrogen and oxygen atoms in total. The number of hydrogen-bond donors (Lipinski definition) is 3. The van der Waals surface area contributed by atoms with E-state index in [2.05, 4.69) is 5.32 Å². The molecule has 0 bridgehead atoms. The van der Waals surface area contributed by atoms with Crippen LogP contribution in [0.1, 0.15) is 37.0 Å². The summed E-state index contributed by atoms with van der Waals surface area (Å²) in [6.45, 7) is 3.77. The largest absolute Gasteiger partial charge is 0.481 e. The zero-order valence-corrected chi connectivity index (χ0v) is 11.6. The lowest BCUT2D eigenvalue weighted by atomic mass is 9.98. The van der Waals surface area contributed by atoms with Gasteiger partial charge in [-0.3, -0.25) is 9.59 Å². The highest BCUT2D eigenvalue weighted by molar-refractivity contribution is 6.33. The van der Waals surface area contributed by atoms with Gasteiger partial charge in [-0.25, -0.2) is 0 Å². The number of nitrogens with two attached hydrogens (primary N) is 1. The Kier molecular flexibility index (Phi) is 4.78. The minimum Gasteiger partial charge on any atom is -0.481 e. The number of carboxylic acids is 1. The first kappa shape index (κ1) is 15.3. The smallest absolute Gasteiger partial charge is 0.303 e. The molecule has 0 aliphatic rings. The van der Waals surface area contributed by atoms with Crippen molar-refractivity contribution in [3.63, 3.8) is 0 Å². The molecule has 0 unspecified atom stereocenters. The van der Waals surface area contributed by atoms with Gasteiger partial charge in [0, 0.05) is 17.5 Å². The summed E-state index contributed by atoms with van der Waals surface area (Å²) >= 11 is 6.06. The van der Waals surface area contributed by atoms with E-state index in [4.69, 9.17) is 22.4 Å². The van der Waals surface area contributed by atoms with Gasteiger partial charge in [0.05, 0.1) is 10.7 Å². The monoisotopic (exact) mass is 284 g/mol. The van der Waals surface area contributed by atoms with E-state index in [1.54, 1.807) is 12.1 Å². The molecule has 1 aromatic rings. The van der Waals surface area contributed by atoms with Gasteiger partial charge in [0.25, 0.3) is 0 Å². The lowest BCUT2D eigenvalue weighted by Crippen LogP contribution is -2.31. The Labute approximate surface area is 116 Å². The summed E-state index contributed by atoms with van der Waals surface area (Å²) in [7, 11) is 0. The molecular formula is C13H17ClN2O3. The number of primary amides is 1. The van der Waals surface area contributed by atoms with E-state index >= 15 is 0 Å². The number of carbonyl (C=O) groups excluding carboxylic acids is 1. The Morgan fingerprint density at radius 3 is 2.53 bits per heavy atom. The van der Waals surface area contributed by atoms with Crippen molar-refractivity contribution in [1.29, 1.82) is 0 Å². The second kappa shape index (κ2) is 5.93. The van der Waals surface area contributed by atoms with Crippen LogP contribution in [0.3, 0.4) is 0 Å². The molecule has 0 heterocycles. The van der Waals surface area contributed by atoms with E-state index in [0.29, 0.717) is 22.7 Å². The summed E-state index contributed by atoms with van der Waals surface area (Å²) in [5, 5.41) is 12.2. The second-order valence-corrected chi connectivity index (χ2v) is 5.37. The maximum atomic E-state index is 11.0. The highest BCUT2D eigenvalue weighted by Crippen LogP contribution is 2.27. The third kappa shape index (κ3) is 4.79. The number of hydrogen-bond acceptors (Lipinski definition) is 3. The number of aliphatic carboxylic acids is 1. The van der Waals surface area contributed by atoms with Gasteiger partial charge < -0.3 is 16.2 Å². The minimum atomic E-state index is -0.843. The average molecular weight is 285 g/mol. The van der Waals surface area contributed by atoms with Gasteiger partial charge in [-0.1, -0.05) is 11.6 Å². The molecule has 0 saturated heterocycles. The molecule has 4 N–H and O–H groups in total. The third-order valence-corrected chi connectivity index (χ3v) is 3.00. The number of carbonyl (C=O) groups is 2. The first-order valence-corrected chi connectivity index (χ1v) is 6.18. The standard InChI is InChI=1S/C13H17ClN2O3/c1-13(2,6-5-11(17)18)16-10-4-3-8(12(15)19)7-9(10)14/h3-4,7,16H,5-6H2,1-2H3,(H2,15,19)(H,17,18). The van der Waals surface area contributed by atoms with E-state index in [1.807, 2.05) is 13.8 Å². The molecule has 6 heteroatoms. The van der Waals surface area contributed by atoms with Crippen molar-refractivity contribution in [3.05, 3.63) is 28.8 Å². The summed E-state index contributed by atoms with van der Waals surface area (Å²) in [4.78, 5) is 21.6. The number of halogens is 1. The van der Waals surface area contributed by atoms with Crippen LogP contribution in [-0.2, 0) is 4.79 Å². The van der Waals surface area contributed by atoms with Crippen LogP contribution >= 0.6 is 11.6 Å². The molecule has 1 rings (SSSR count). The van der Waals surface area contributed by atoms with E-state index < -0.39 is 17.4 Å². The molecule has 0 aliphatic heterocycles. The number of nitrogens with one attached hydrogen (secondary N) is 1. The van der Waals surface area contributed by atoms with E-state index in [0.717, 1.165) is 0 Å². The number of rotatable bonds is 6. The summed E-state index contributed by atoms with van der Waals surface area (Å²) in [5.74, 6) is -1.39. The fourth-order valence-electron chi connectivity index (χ4n) is 1.62. The van der Waals surface area contributed by atoms with Gasteiger partial charge in [-0.2, -0.15) is 0 Å². The molecule has 0 aliphatic carbocycles. The summed E-state index contributed by atoms with van der Waals surface area (Å²) in [5.41, 5.74) is 5.71. The van der Waals surface area contributed by atoms with Gasteiger partial charge >= 0.3 is 5.97 Å². The van der Waals surface area contributed by atoms with Gasteiger partial charge in [0.15, 0.2) is 0 Å². The summed E-state index contributed by atoms with van der Waals surface area (Å²) < 4.78 is 0. The summed E-state index contributed by atoms with van der Waals surface area (Å²) in [6.07, 6.45) is 0.521. The van der Waals surface area contributed by atoms with Gasteiger partial charge in [-0.15, -0.1) is 0 Å². The zero-order valence-electron chi connectivity index (χ0n) is 10.9. The normalized spacial score (nSPS) is 11.1. The molecule has 1 amide bonds. The van der Waals surface area contributed by atoms with Crippen LogP contribution in [0, 0.1) is 0 Å². The molecule has 104 valence electrons. The topological polar surface area (TPSA) is 92.4 Å². The Bertz CT molecular complexity index is 501. The first-order valence-electron chi connectivity index (χ1n) is 5.80. The Morgan fingerprint density at radius 1 is 1.42 bits per heavy atom. The van der Waals surface area contributed by atoms with Crippen molar-refractivity contribution < 1.29 is 14.7 Å². The first-order chi connectivity index (χ1) is 8.71. The quantitative estimate of drug-likeness (QED) is 0.748. The van der Waals surface area contributed by atoms with Crippen LogP contribution in [0.2, 0.25) is 5.02 Å². The molecule has 19 heavy (non-hydrogen) atoms. The highest BCUT2D eigenvalue weighted by Gasteiger charge is 2.20. The molecular weight excluding hydrogens is 268 g/mol. The molecule has 0 spiro atoms. The lowest BCUT2D eigenvalue weighted by Gasteiger charge is -2.27. The Hall–Kier alpha value is -1.75. The predicted molar refractivity (Wildman–Crippen MR) is 74.5 cm³/mol. The van der Waals surface area contributed by atoms with Crippen LogP contribution in [0.4, 0.5) is 5.69 Å². The number of benzene rings is 1. The molecule has 0 radical (unpaired) electrons. The van der Waals surface area contributed by atoms with Gasteiger partial charge in [-0.05, 0) is 38.5 Å². The van der Waals surface area contributed by atoms with Crippen molar-refractivity contribution >= 4 is 29.2 Å². The molecule has 0 fully saturated rings. The zero-order chi connectivity index (χ0) is 14.6. The second-order valence-electron chi connectivity index (χ2n) is 4.96. The van der Waals surface area contributed by atoms with Crippen molar-refractivity contribution in [2.24, 2.45) is 5.73 Å². The maximum Gasteiger partial charge on any atom is 0.303 e. The fraction of sp³-hybridized carbons (Fsp3) is 0.385. The van der Waals surface area contributed by atoms with Gasteiger partial charge in [0.2, 0.25) is 5.91 Å². The molecule has 0 aromatic heterocycles. The lowest BCUT2D eigenvalue weighted by molar-refractivity contribution is -0.137. The summed E-state index contributed by atoms with van der Waals surface area (Å²) in [6, 6.07) is 4.72. The minimum absolute atomic E-state index is 0.0665. The maximum absolute atomic E-state index is 11.0. The Balaban J connectivity index is 2.81. The molecule has 0 atom stereocenters. The van der Waals surface area contributed by atoms with Crippen LogP contribution in [0.25, 0.3) is 0 Å². The molecule has 1 aromatic carbocycles. The van der Waals surface area contributed by atoms with E-state index in [9.17, 15) is 9.59 Å². The average Bonchev–Trinajstić information content (AvgIpc) is 2.29. The van der Waals surface area contributed by atoms with Crippen molar-refractivity contribution in [2.45, 2.75) is 32.2 Å². The van der Waals surface area contributed by atoms with Crippen LogP contribution in [-0.4, -0.2) is 22.5 Å². The SMILES string of the molecule is CC(C)(CCC(=O)O)Nc1ccc(C(N)=O)cc1Cl. The Morgan fingerprint density at radius 2 is 2.05 bits per heavy atom. The number of carboxylic acid groups (broad SMARTS) is 1. The van der Waals surface area contributed by atoms with Crippen molar-refractivity contribution in [2.75, 3.05) is 5.32 Å². The number of anilines is 1. The van der Waals surface area contributed by atoms with Crippen LogP contribution in [0.5, 0.6) is 0 Å².